The Morgan fingerprint density at radius 1 is 1.50 bits per heavy atom. The molecular formula is C14H19N3O4S. The van der Waals surface area contributed by atoms with Gasteiger partial charge in [-0.15, -0.1) is 5.10 Å². The summed E-state index contributed by atoms with van der Waals surface area (Å²) in [5, 5.41) is 9.19. The molecule has 0 aliphatic carbocycles. The molecule has 0 spiro atoms. The van der Waals surface area contributed by atoms with Crippen molar-refractivity contribution in [2.24, 2.45) is 10.2 Å². The minimum absolute atomic E-state index is 0.0177. The average molecular weight is 325 g/mol. The summed E-state index contributed by atoms with van der Waals surface area (Å²) in [6, 6.07) is 5.01. The van der Waals surface area contributed by atoms with Gasteiger partial charge < -0.3 is 9.47 Å². The average Bonchev–Trinajstić information content (AvgIpc) is 3.00. The van der Waals surface area contributed by atoms with E-state index in [-0.39, 0.29) is 4.90 Å². The number of nitrogens with one attached hydrogen (secondary N) is 1. The van der Waals surface area contributed by atoms with E-state index in [1.54, 1.807) is 6.07 Å². The molecule has 2 unspecified atom stereocenters. The maximum atomic E-state index is 11.8. The lowest BCUT2D eigenvalue weighted by atomic mass is 9.86. The Morgan fingerprint density at radius 2 is 2.32 bits per heavy atom. The third-order valence-electron chi connectivity index (χ3n) is 4.08. The molecule has 1 aromatic rings. The van der Waals surface area contributed by atoms with Crippen molar-refractivity contribution in [1.82, 2.24) is 5.43 Å². The minimum atomic E-state index is -3.85. The molecule has 2 aliphatic heterocycles. The molecule has 120 valence electrons. The lowest BCUT2D eigenvalue weighted by Crippen LogP contribution is -2.54. The van der Waals surface area contributed by atoms with Crippen LogP contribution in [0.25, 0.3) is 0 Å². The first kappa shape index (κ1) is 15.1. The Balaban J connectivity index is 2.03. The molecule has 2 aliphatic rings. The fraction of sp³-hybridized carbons (Fsp3) is 0.500. The van der Waals surface area contributed by atoms with E-state index in [0.29, 0.717) is 25.0 Å². The fourth-order valence-corrected chi connectivity index (χ4v) is 3.77. The van der Waals surface area contributed by atoms with Crippen LogP contribution in [0.5, 0.6) is 5.75 Å². The fourth-order valence-electron chi connectivity index (χ4n) is 3.07. The number of benzene rings is 1. The van der Waals surface area contributed by atoms with Gasteiger partial charge in [-0.2, -0.15) is 0 Å². The largest absolute Gasteiger partial charge is 0.480 e. The van der Waals surface area contributed by atoms with E-state index in [4.69, 9.17) is 14.6 Å². The van der Waals surface area contributed by atoms with Crippen LogP contribution in [0.4, 0.5) is 0 Å². The highest BCUT2D eigenvalue weighted by Crippen LogP contribution is 2.41. The van der Waals surface area contributed by atoms with Gasteiger partial charge in [0, 0.05) is 0 Å². The van der Waals surface area contributed by atoms with Crippen molar-refractivity contribution >= 4 is 16.4 Å². The molecule has 3 N–H and O–H groups in total. The third kappa shape index (κ3) is 2.52. The first-order chi connectivity index (χ1) is 10.5. The smallest absolute Gasteiger partial charge is 0.241 e. The van der Waals surface area contributed by atoms with Gasteiger partial charge >= 0.3 is 0 Å². The number of sulfonamides is 1. The number of para-hydroxylation sites is 1. The molecule has 7 nitrogen and oxygen atoms in total. The van der Waals surface area contributed by atoms with E-state index in [9.17, 15) is 8.42 Å². The van der Waals surface area contributed by atoms with Gasteiger partial charge in [-0.3, -0.25) is 5.43 Å². The van der Waals surface area contributed by atoms with Crippen molar-refractivity contribution in [3.63, 3.8) is 0 Å². The van der Waals surface area contributed by atoms with Gasteiger partial charge in [0.25, 0.3) is 0 Å². The number of fused-ring (bicyclic) bond motifs is 1. The molecule has 0 fully saturated rings. The predicted octanol–water partition coefficient (Wildman–Crippen LogP) is 1.09. The van der Waals surface area contributed by atoms with E-state index >= 15 is 0 Å². The van der Waals surface area contributed by atoms with Crippen LogP contribution in [0.1, 0.15) is 31.7 Å². The highest BCUT2D eigenvalue weighted by Gasteiger charge is 2.46. The Bertz CT molecular complexity index is 696. The Kier molecular flexibility index (Phi) is 3.73. The second kappa shape index (κ2) is 5.44. The van der Waals surface area contributed by atoms with Crippen LogP contribution in [-0.4, -0.2) is 26.6 Å². The van der Waals surface area contributed by atoms with Crippen LogP contribution in [-0.2, 0) is 21.2 Å². The molecule has 2 heterocycles. The summed E-state index contributed by atoms with van der Waals surface area (Å²) in [7, 11) is -3.85. The topological polar surface area (TPSA) is 103 Å². The standard InChI is InChI=1S/C14H19N3O4S/c1-2-7-14(13-17-16-9-20-13)8-6-10-4-3-5-11(12(10)21-14)22(15,18)19/h3-5,9,13,17H,2,6-8H2,1H3,(H2,15,18,19). The maximum Gasteiger partial charge on any atom is 0.241 e. The molecule has 0 saturated heterocycles. The number of hydrazone groups is 1. The molecule has 3 rings (SSSR count). The monoisotopic (exact) mass is 325 g/mol. The maximum absolute atomic E-state index is 11.8. The van der Waals surface area contributed by atoms with Gasteiger partial charge in [-0.05, 0) is 30.9 Å². The van der Waals surface area contributed by atoms with E-state index < -0.39 is 21.9 Å². The van der Waals surface area contributed by atoms with E-state index in [0.717, 1.165) is 12.0 Å². The normalized spacial score (nSPS) is 26.7. The summed E-state index contributed by atoms with van der Waals surface area (Å²) >= 11 is 0. The number of rotatable bonds is 4. The third-order valence-corrected chi connectivity index (χ3v) is 5.02. The van der Waals surface area contributed by atoms with E-state index in [1.165, 1.54) is 12.5 Å². The molecule has 22 heavy (non-hydrogen) atoms. The molecule has 0 radical (unpaired) electrons. The van der Waals surface area contributed by atoms with Crippen molar-refractivity contribution in [2.45, 2.75) is 49.3 Å². The van der Waals surface area contributed by atoms with Gasteiger partial charge in [0.1, 0.15) is 10.6 Å². The van der Waals surface area contributed by atoms with Crippen molar-refractivity contribution in [1.29, 1.82) is 0 Å². The summed E-state index contributed by atoms with van der Waals surface area (Å²) in [6.07, 6.45) is 3.89. The van der Waals surface area contributed by atoms with Gasteiger partial charge in [-0.25, -0.2) is 13.6 Å². The number of nitrogens with zero attached hydrogens (tertiary/aromatic N) is 1. The molecule has 0 bridgehead atoms. The number of hydrogen-bond acceptors (Lipinski definition) is 6. The zero-order valence-corrected chi connectivity index (χ0v) is 13.1. The Labute approximate surface area is 129 Å². The second-order valence-electron chi connectivity index (χ2n) is 5.59. The first-order valence-electron chi connectivity index (χ1n) is 7.22. The van der Waals surface area contributed by atoms with E-state index in [2.05, 4.69) is 10.5 Å². The number of aryl methyl sites for hydroxylation is 1. The zero-order chi connectivity index (χ0) is 15.8. The summed E-state index contributed by atoms with van der Waals surface area (Å²) in [6.45, 7) is 2.04. The van der Waals surface area contributed by atoms with Gasteiger partial charge in [0.05, 0.1) is 0 Å². The van der Waals surface area contributed by atoms with E-state index in [1.807, 2.05) is 13.0 Å². The first-order valence-corrected chi connectivity index (χ1v) is 8.77. The molecule has 1 aromatic carbocycles. The minimum Gasteiger partial charge on any atom is -0.480 e. The Morgan fingerprint density at radius 3 is 2.95 bits per heavy atom. The van der Waals surface area contributed by atoms with Gasteiger partial charge in [0.15, 0.2) is 12.0 Å². The SMILES string of the molecule is CCCC1(C2NN=CO2)CCc2cccc(S(N)(=O)=O)c2O1. The molecule has 0 aromatic heterocycles. The van der Waals surface area contributed by atoms with Crippen LogP contribution in [0.3, 0.4) is 0 Å². The zero-order valence-electron chi connectivity index (χ0n) is 12.3. The van der Waals surface area contributed by atoms with Crippen molar-refractivity contribution in [3.05, 3.63) is 23.8 Å². The van der Waals surface area contributed by atoms with Crippen LogP contribution >= 0.6 is 0 Å². The van der Waals surface area contributed by atoms with Crippen LogP contribution in [0, 0.1) is 0 Å². The van der Waals surface area contributed by atoms with Gasteiger partial charge in [0.2, 0.25) is 16.3 Å². The summed E-state index contributed by atoms with van der Waals surface area (Å²) in [5.41, 5.74) is 3.06. The number of ether oxygens (including phenoxy) is 2. The Hall–Kier alpha value is -1.80. The lowest BCUT2D eigenvalue weighted by molar-refractivity contribution is -0.0704. The highest BCUT2D eigenvalue weighted by atomic mass is 32.2. The molecule has 2 atom stereocenters. The quantitative estimate of drug-likeness (QED) is 0.862. The lowest BCUT2D eigenvalue weighted by Gasteiger charge is -2.41. The van der Waals surface area contributed by atoms with Crippen LogP contribution < -0.4 is 15.3 Å². The molecular weight excluding hydrogens is 306 g/mol. The van der Waals surface area contributed by atoms with Gasteiger partial charge in [-0.1, -0.05) is 25.5 Å². The predicted molar refractivity (Wildman–Crippen MR) is 80.9 cm³/mol. The number of nitrogens with two attached hydrogens (primary N) is 1. The molecule has 0 amide bonds. The van der Waals surface area contributed by atoms with Crippen LogP contribution in [0.2, 0.25) is 0 Å². The van der Waals surface area contributed by atoms with Crippen molar-refractivity contribution in [2.75, 3.05) is 0 Å². The number of hydrogen-bond donors (Lipinski definition) is 2. The van der Waals surface area contributed by atoms with Crippen LogP contribution in [0.15, 0.2) is 28.2 Å². The number of primary sulfonamides is 1. The second-order valence-corrected chi connectivity index (χ2v) is 7.12. The van der Waals surface area contributed by atoms with Crippen molar-refractivity contribution in [3.8, 4) is 5.75 Å². The van der Waals surface area contributed by atoms with Crippen molar-refractivity contribution < 1.29 is 17.9 Å². The molecule has 0 saturated carbocycles. The highest BCUT2D eigenvalue weighted by molar-refractivity contribution is 7.89. The summed E-state index contributed by atoms with van der Waals surface area (Å²) in [4.78, 5) is 0.0177. The summed E-state index contributed by atoms with van der Waals surface area (Å²) < 4.78 is 35.3. The molecule has 8 heteroatoms. The summed E-state index contributed by atoms with van der Waals surface area (Å²) in [5.74, 6) is 0.335.